The van der Waals surface area contributed by atoms with E-state index in [1.54, 1.807) is 31.5 Å². The van der Waals surface area contributed by atoms with E-state index in [4.69, 9.17) is 9.47 Å². The molecule has 0 aliphatic carbocycles. The number of nitrogens with zero attached hydrogens (tertiary/aromatic N) is 1. The topological polar surface area (TPSA) is 50.8 Å². The molecule has 0 unspecified atom stereocenters. The standard InChI is InChI=1S/C20H22N2O3/c1-24-19-4-2-3-16(15-19)20(23)9-10-21-17-5-7-18(8-6-17)22-11-13-25-14-12-22/h2-10,15,21H,11-14H2,1H3/b10-9+. The minimum Gasteiger partial charge on any atom is -0.497 e. The molecule has 1 N–H and O–H groups in total. The van der Waals surface area contributed by atoms with Gasteiger partial charge in [0.2, 0.25) is 0 Å². The van der Waals surface area contributed by atoms with Crippen molar-refractivity contribution in [1.82, 2.24) is 0 Å². The van der Waals surface area contributed by atoms with E-state index in [0.29, 0.717) is 11.3 Å². The van der Waals surface area contributed by atoms with Gasteiger partial charge < -0.3 is 19.7 Å². The van der Waals surface area contributed by atoms with Gasteiger partial charge in [-0.15, -0.1) is 0 Å². The predicted octanol–water partition coefficient (Wildman–Crippen LogP) is 3.34. The van der Waals surface area contributed by atoms with Gasteiger partial charge in [0.05, 0.1) is 20.3 Å². The number of morpholine rings is 1. The number of carbonyl (C=O) groups excluding carboxylic acids is 1. The van der Waals surface area contributed by atoms with E-state index in [0.717, 1.165) is 32.0 Å². The highest BCUT2D eigenvalue weighted by Crippen LogP contribution is 2.19. The minimum atomic E-state index is -0.0728. The zero-order valence-corrected chi connectivity index (χ0v) is 14.3. The molecular weight excluding hydrogens is 316 g/mol. The zero-order valence-electron chi connectivity index (χ0n) is 14.3. The quantitative estimate of drug-likeness (QED) is 0.647. The summed E-state index contributed by atoms with van der Waals surface area (Å²) < 4.78 is 10.5. The second kappa shape index (κ2) is 8.35. The molecule has 1 aliphatic heterocycles. The van der Waals surface area contributed by atoms with Gasteiger partial charge in [-0.2, -0.15) is 0 Å². The van der Waals surface area contributed by atoms with E-state index in [9.17, 15) is 4.79 Å². The van der Waals surface area contributed by atoms with Gasteiger partial charge in [0.1, 0.15) is 5.75 Å². The molecule has 1 aliphatic rings. The van der Waals surface area contributed by atoms with Crippen LogP contribution in [0, 0.1) is 0 Å². The van der Waals surface area contributed by atoms with Crippen molar-refractivity contribution in [2.45, 2.75) is 0 Å². The van der Waals surface area contributed by atoms with Crippen molar-refractivity contribution in [3.63, 3.8) is 0 Å². The molecule has 1 heterocycles. The molecule has 5 nitrogen and oxygen atoms in total. The Labute approximate surface area is 147 Å². The number of ether oxygens (including phenoxy) is 2. The zero-order chi connectivity index (χ0) is 17.5. The third kappa shape index (κ3) is 4.61. The largest absolute Gasteiger partial charge is 0.497 e. The Balaban J connectivity index is 1.57. The van der Waals surface area contributed by atoms with E-state index in [-0.39, 0.29) is 5.78 Å². The first-order chi connectivity index (χ1) is 12.3. The third-order valence-corrected chi connectivity index (χ3v) is 4.08. The first-order valence-corrected chi connectivity index (χ1v) is 8.30. The molecule has 25 heavy (non-hydrogen) atoms. The Hall–Kier alpha value is -2.79. The number of benzene rings is 2. The molecule has 0 saturated carbocycles. The summed E-state index contributed by atoms with van der Waals surface area (Å²) in [4.78, 5) is 14.5. The van der Waals surface area contributed by atoms with Gasteiger partial charge in [0, 0.05) is 42.3 Å². The fraction of sp³-hybridized carbons (Fsp3) is 0.250. The molecule has 0 spiro atoms. The van der Waals surface area contributed by atoms with Gasteiger partial charge in [0.25, 0.3) is 0 Å². The molecule has 0 aromatic heterocycles. The summed E-state index contributed by atoms with van der Waals surface area (Å²) in [6.07, 6.45) is 3.18. The van der Waals surface area contributed by atoms with Crippen LogP contribution in [0.3, 0.4) is 0 Å². The second-order valence-corrected chi connectivity index (χ2v) is 5.72. The van der Waals surface area contributed by atoms with Gasteiger partial charge in [-0.3, -0.25) is 4.79 Å². The molecule has 0 radical (unpaired) electrons. The maximum absolute atomic E-state index is 12.2. The van der Waals surface area contributed by atoms with Crippen LogP contribution < -0.4 is 15.0 Å². The number of methoxy groups -OCH3 is 1. The number of hydrogen-bond donors (Lipinski definition) is 1. The molecule has 1 saturated heterocycles. The van der Waals surface area contributed by atoms with E-state index in [1.807, 2.05) is 18.2 Å². The molecule has 1 fully saturated rings. The highest BCUT2D eigenvalue weighted by Gasteiger charge is 2.10. The minimum absolute atomic E-state index is 0.0728. The van der Waals surface area contributed by atoms with Crippen LogP contribution in [0.15, 0.2) is 60.8 Å². The lowest BCUT2D eigenvalue weighted by Gasteiger charge is -2.28. The lowest BCUT2D eigenvalue weighted by Crippen LogP contribution is -2.36. The smallest absolute Gasteiger partial charge is 0.187 e. The lowest BCUT2D eigenvalue weighted by molar-refractivity contribution is 0.104. The maximum Gasteiger partial charge on any atom is 0.187 e. The fourth-order valence-electron chi connectivity index (χ4n) is 2.68. The molecule has 130 valence electrons. The number of nitrogens with one attached hydrogen (secondary N) is 1. The lowest BCUT2D eigenvalue weighted by atomic mass is 10.1. The number of ketones is 1. The summed E-state index contributed by atoms with van der Waals surface area (Å²) in [6.45, 7) is 3.38. The van der Waals surface area contributed by atoms with Crippen LogP contribution in [0.5, 0.6) is 5.75 Å². The summed E-state index contributed by atoms with van der Waals surface area (Å²) in [5.41, 5.74) is 2.72. The van der Waals surface area contributed by atoms with Gasteiger partial charge in [-0.25, -0.2) is 0 Å². The van der Waals surface area contributed by atoms with Crippen molar-refractivity contribution in [1.29, 1.82) is 0 Å². The van der Waals surface area contributed by atoms with Crippen LogP contribution in [-0.4, -0.2) is 39.2 Å². The molecule has 0 bridgehead atoms. The maximum atomic E-state index is 12.2. The van der Waals surface area contributed by atoms with E-state index >= 15 is 0 Å². The summed E-state index contributed by atoms with van der Waals surface area (Å²) in [5, 5.41) is 3.13. The first-order valence-electron chi connectivity index (χ1n) is 8.30. The van der Waals surface area contributed by atoms with Crippen LogP contribution in [0.1, 0.15) is 10.4 Å². The molecule has 2 aromatic rings. The number of rotatable bonds is 6. The highest BCUT2D eigenvalue weighted by molar-refractivity contribution is 6.04. The predicted molar refractivity (Wildman–Crippen MR) is 99.6 cm³/mol. The normalized spacial score (nSPS) is 14.5. The van der Waals surface area contributed by atoms with Gasteiger partial charge in [-0.1, -0.05) is 12.1 Å². The Kier molecular flexibility index (Phi) is 5.69. The summed E-state index contributed by atoms with van der Waals surface area (Å²) >= 11 is 0. The van der Waals surface area contributed by atoms with Crippen LogP contribution in [-0.2, 0) is 4.74 Å². The van der Waals surface area contributed by atoms with Crippen molar-refractivity contribution < 1.29 is 14.3 Å². The van der Waals surface area contributed by atoms with Crippen molar-refractivity contribution in [3.8, 4) is 5.75 Å². The number of carbonyl (C=O) groups is 1. The average Bonchev–Trinajstić information content (AvgIpc) is 2.69. The van der Waals surface area contributed by atoms with Crippen LogP contribution in [0.2, 0.25) is 0 Å². The van der Waals surface area contributed by atoms with Gasteiger partial charge in [-0.05, 0) is 36.4 Å². The Bertz CT molecular complexity index is 735. The number of hydrogen-bond acceptors (Lipinski definition) is 5. The Morgan fingerprint density at radius 1 is 1.16 bits per heavy atom. The molecule has 0 atom stereocenters. The molecule has 3 rings (SSSR count). The molecule has 0 amide bonds. The Morgan fingerprint density at radius 3 is 2.64 bits per heavy atom. The molecule has 2 aromatic carbocycles. The average molecular weight is 338 g/mol. The van der Waals surface area contributed by atoms with Gasteiger partial charge in [0.15, 0.2) is 5.78 Å². The first kappa shape index (κ1) is 17.0. The SMILES string of the molecule is COc1cccc(C(=O)/C=C/Nc2ccc(N3CCOCC3)cc2)c1. The van der Waals surface area contributed by atoms with Crippen LogP contribution in [0.25, 0.3) is 0 Å². The van der Waals surface area contributed by atoms with E-state index < -0.39 is 0 Å². The van der Waals surface area contributed by atoms with Crippen molar-refractivity contribution in [2.24, 2.45) is 0 Å². The van der Waals surface area contributed by atoms with Crippen molar-refractivity contribution >= 4 is 17.2 Å². The van der Waals surface area contributed by atoms with E-state index in [2.05, 4.69) is 22.3 Å². The summed E-state index contributed by atoms with van der Waals surface area (Å²) in [7, 11) is 1.58. The summed E-state index contributed by atoms with van der Waals surface area (Å²) in [5.74, 6) is 0.599. The summed E-state index contributed by atoms with van der Waals surface area (Å²) in [6, 6.07) is 15.3. The number of allylic oxidation sites excluding steroid dienone is 1. The third-order valence-electron chi connectivity index (χ3n) is 4.08. The molecule has 5 heteroatoms. The second-order valence-electron chi connectivity index (χ2n) is 5.72. The fourth-order valence-corrected chi connectivity index (χ4v) is 2.68. The van der Waals surface area contributed by atoms with Gasteiger partial charge >= 0.3 is 0 Å². The Morgan fingerprint density at radius 2 is 1.92 bits per heavy atom. The van der Waals surface area contributed by atoms with Crippen molar-refractivity contribution in [2.75, 3.05) is 43.6 Å². The van der Waals surface area contributed by atoms with Crippen LogP contribution in [0.4, 0.5) is 11.4 Å². The van der Waals surface area contributed by atoms with E-state index in [1.165, 1.54) is 11.8 Å². The monoisotopic (exact) mass is 338 g/mol. The molecular formula is C20H22N2O3. The highest BCUT2D eigenvalue weighted by atomic mass is 16.5. The van der Waals surface area contributed by atoms with Crippen LogP contribution >= 0.6 is 0 Å². The van der Waals surface area contributed by atoms with Crippen molar-refractivity contribution in [3.05, 3.63) is 66.4 Å². The number of anilines is 2.